The van der Waals surface area contributed by atoms with Crippen LogP contribution < -0.4 is 9.47 Å². The highest BCUT2D eigenvalue weighted by Crippen LogP contribution is 2.39. The number of rotatable bonds is 9. The molecule has 0 bridgehead atoms. The SMILES string of the molecule is CCOc1cc(/C=C2/SC(=O)N(Cc3ccc(C(=O)OC)o3)C2=O)c(Br)cc1OCc1ccccc1C#N. The van der Waals surface area contributed by atoms with E-state index < -0.39 is 17.1 Å². The molecule has 0 N–H and O–H groups in total. The van der Waals surface area contributed by atoms with Crippen molar-refractivity contribution in [2.24, 2.45) is 0 Å². The summed E-state index contributed by atoms with van der Waals surface area (Å²) in [6.07, 6.45) is 1.59. The number of hydrogen-bond donors (Lipinski definition) is 0. The van der Waals surface area contributed by atoms with Crippen LogP contribution in [0.2, 0.25) is 0 Å². The highest BCUT2D eigenvalue weighted by atomic mass is 79.9. The van der Waals surface area contributed by atoms with Gasteiger partial charge in [0, 0.05) is 10.0 Å². The number of imide groups is 1. The summed E-state index contributed by atoms with van der Waals surface area (Å²) in [5, 5.41) is 8.86. The van der Waals surface area contributed by atoms with Crippen LogP contribution in [0.5, 0.6) is 11.5 Å². The third-order valence-electron chi connectivity index (χ3n) is 5.41. The molecule has 0 atom stereocenters. The summed E-state index contributed by atoms with van der Waals surface area (Å²) in [6, 6.07) is 15.7. The quantitative estimate of drug-likeness (QED) is 0.219. The van der Waals surface area contributed by atoms with E-state index in [1.807, 2.05) is 19.1 Å². The van der Waals surface area contributed by atoms with Crippen LogP contribution in [-0.2, 0) is 22.7 Å². The van der Waals surface area contributed by atoms with Crippen molar-refractivity contribution in [3.05, 3.63) is 86.1 Å². The van der Waals surface area contributed by atoms with Gasteiger partial charge in [0.05, 0.1) is 36.8 Å². The molecule has 0 unspecified atom stereocenters. The molecule has 194 valence electrons. The van der Waals surface area contributed by atoms with Gasteiger partial charge in [0.25, 0.3) is 11.1 Å². The van der Waals surface area contributed by atoms with Crippen LogP contribution in [0.4, 0.5) is 4.79 Å². The number of methoxy groups -OCH3 is 1. The molecule has 2 aromatic carbocycles. The van der Waals surface area contributed by atoms with Crippen LogP contribution in [0, 0.1) is 11.3 Å². The molecule has 0 radical (unpaired) electrons. The minimum absolute atomic E-state index is 0.0178. The average Bonchev–Trinajstić information content (AvgIpc) is 3.49. The summed E-state index contributed by atoms with van der Waals surface area (Å²) in [7, 11) is 1.23. The van der Waals surface area contributed by atoms with Crippen molar-refractivity contribution < 1.29 is 33.0 Å². The van der Waals surface area contributed by atoms with E-state index in [-0.39, 0.29) is 29.6 Å². The van der Waals surface area contributed by atoms with Crippen molar-refractivity contribution in [3.63, 3.8) is 0 Å². The zero-order chi connectivity index (χ0) is 27.2. The lowest BCUT2D eigenvalue weighted by atomic mass is 10.1. The van der Waals surface area contributed by atoms with Gasteiger partial charge in [-0.25, -0.2) is 4.79 Å². The molecule has 1 fully saturated rings. The second-order valence-electron chi connectivity index (χ2n) is 7.84. The smallest absolute Gasteiger partial charge is 0.373 e. The Kier molecular flexibility index (Phi) is 8.55. The molecule has 9 nitrogen and oxygen atoms in total. The fourth-order valence-corrected chi connectivity index (χ4v) is 4.83. The number of hydrogen-bond acceptors (Lipinski definition) is 9. The summed E-state index contributed by atoms with van der Waals surface area (Å²) in [5.74, 6) is 0.0119. The Morgan fingerprint density at radius 3 is 2.66 bits per heavy atom. The predicted molar refractivity (Wildman–Crippen MR) is 142 cm³/mol. The van der Waals surface area contributed by atoms with E-state index in [0.29, 0.717) is 33.7 Å². The number of amides is 2. The van der Waals surface area contributed by atoms with Gasteiger partial charge in [-0.15, -0.1) is 0 Å². The summed E-state index contributed by atoms with van der Waals surface area (Å²) >= 11 is 4.31. The zero-order valence-electron chi connectivity index (χ0n) is 20.4. The lowest BCUT2D eigenvalue weighted by Gasteiger charge is -2.15. The number of nitriles is 1. The van der Waals surface area contributed by atoms with Crippen molar-refractivity contribution in [1.29, 1.82) is 5.26 Å². The minimum Gasteiger partial charge on any atom is -0.490 e. The van der Waals surface area contributed by atoms with Crippen LogP contribution in [-0.4, -0.2) is 35.7 Å². The van der Waals surface area contributed by atoms with E-state index in [0.717, 1.165) is 22.2 Å². The Morgan fingerprint density at radius 2 is 1.92 bits per heavy atom. The van der Waals surface area contributed by atoms with Crippen molar-refractivity contribution in [3.8, 4) is 17.6 Å². The standard InChI is InChI=1S/C27H21BrN2O7S/c1-3-35-22-10-18(20(28)12-23(22)36-15-17-7-5-4-6-16(17)13-29)11-24-25(31)30(27(33)38-24)14-19-8-9-21(37-19)26(32)34-2/h4-12H,3,14-15H2,1-2H3/b24-11+. The molecule has 0 aliphatic carbocycles. The number of carbonyl (C=O) groups excluding carboxylic acids is 3. The van der Waals surface area contributed by atoms with Crippen molar-refractivity contribution >= 4 is 50.9 Å². The van der Waals surface area contributed by atoms with Gasteiger partial charge in [0.1, 0.15) is 12.4 Å². The number of thioether (sulfide) groups is 1. The first kappa shape index (κ1) is 27.0. The van der Waals surface area contributed by atoms with Gasteiger partial charge in [-0.1, -0.05) is 34.1 Å². The maximum absolute atomic E-state index is 13.0. The topological polar surface area (TPSA) is 119 Å². The van der Waals surface area contributed by atoms with E-state index in [9.17, 15) is 19.6 Å². The highest BCUT2D eigenvalue weighted by Gasteiger charge is 2.36. The molecule has 1 saturated heterocycles. The van der Waals surface area contributed by atoms with Gasteiger partial charge >= 0.3 is 5.97 Å². The number of carbonyl (C=O) groups is 3. The second-order valence-corrected chi connectivity index (χ2v) is 9.68. The largest absolute Gasteiger partial charge is 0.490 e. The molecule has 4 rings (SSSR count). The summed E-state index contributed by atoms with van der Waals surface area (Å²) in [5.41, 5.74) is 1.87. The van der Waals surface area contributed by atoms with Gasteiger partial charge in [-0.3, -0.25) is 14.5 Å². The van der Waals surface area contributed by atoms with Crippen LogP contribution in [0.25, 0.3) is 6.08 Å². The minimum atomic E-state index is -0.651. The normalized spacial score (nSPS) is 14.1. The molecular weight excluding hydrogens is 576 g/mol. The van der Waals surface area contributed by atoms with Gasteiger partial charge in [0.2, 0.25) is 5.76 Å². The number of furan rings is 1. The van der Waals surface area contributed by atoms with Crippen molar-refractivity contribution in [2.75, 3.05) is 13.7 Å². The zero-order valence-corrected chi connectivity index (χ0v) is 22.8. The lowest BCUT2D eigenvalue weighted by Crippen LogP contribution is -2.27. The Hall–Kier alpha value is -4.01. The number of halogens is 1. The Labute approximate surface area is 231 Å². The Morgan fingerprint density at radius 1 is 1.16 bits per heavy atom. The third-order valence-corrected chi connectivity index (χ3v) is 7.00. The van der Waals surface area contributed by atoms with Crippen LogP contribution >= 0.6 is 27.7 Å². The summed E-state index contributed by atoms with van der Waals surface area (Å²) < 4.78 is 22.3. The molecule has 3 aromatic rings. The Balaban J connectivity index is 1.54. The molecular formula is C27H21BrN2O7S. The Bertz CT molecular complexity index is 1470. The van der Waals surface area contributed by atoms with Gasteiger partial charge in [0.15, 0.2) is 11.5 Å². The van der Waals surface area contributed by atoms with Crippen molar-refractivity contribution in [1.82, 2.24) is 4.90 Å². The molecule has 1 aliphatic rings. The van der Waals surface area contributed by atoms with Crippen LogP contribution in [0.3, 0.4) is 0 Å². The van der Waals surface area contributed by atoms with Gasteiger partial charge in [-0.2, -0.15) is 5.26 Å². The van der Waals surface area contributed by atoms with E-state index in [1.54, 1.807) is 30.3 Å². The molecule has 0 saturated carbocycles. The maximum atomic E-state index is 13.0. The maximum Gasteiger partial charge on any atom is 0.373 e. The van der Waals surface area contributed by atoms with Crippen LogP contribution in [0.15, 0.2) is 62.3 Å². The van der Waals surface area contributed by atoms with Crippen molar-refractivity contribution in [2.45, 2.75) is 20.1 Å². The number of ether oxygens (including phenoxy) is 3. The molecule has 1 aromatic heterocycles. The molecule has 2 heterocycles. The molecule has 38 heavy (non-hydrogen) atoms. The number of esters is 1. The fraction of sp³-hybridized carbons (Fsp3) is 0.185. The molecule has 11 heteroatoms. The van der Waals surface area contributed by atoms with Crippen LogP contribution in [0.1, 0.15) is 39.9 Å². The van der Waals surface area contributed by atoms with E-state index >= 15 is 0 Å². The first-order chi connectivity index (χ1) is 18.3. The lowest BCUT2D eigenvalue weighted by molar-refractivity contribution is -0.123. The number of benzene rings is 2. The summed E-state index contributed by atoms with van der Waals surface area (Å²) in [4.78, 5) is 38.5. The van der Waals surface area contributed by atoms with Gasteiger partial charge in [-0.05, 0) is 60.7 Å². The van der Waals surface area contributed by atoms with E-state index in [2.05, 4.69) is 26.7 Å². The molecule has 0 spiro atoms. The molecule has 2 amide bonds. The van der Waals surface area contributed by atoms with E-state index in [4.69, 9.17) is 13.9 Å². The monoisotopic (exact) mass is 596 g/mol. The molecule has 1 aliphatic heterocycles. The average molecular weight is 597 g/mol. The highest BCUT2D eigenvalue weighted by molar-refractivity contribution is 9.10. The number of nitrogens with zero attached hydrogens (tertiary/aromatic N) is 2. The van der Waals surface area contributed by atoms with Gasteiger partial charge < -0.3 is 18.6 Å². The third kappa shape index (κ3) is 5.93. The second kappa shape index (κ2) is 12.0. The summed E-state index contributed by atoms with van der Waals surface area (Å²) in [6.45, 7) is 2.25. The van der Waals surface area contributed by atoms with E-state index in [1.165, 1.54) is 19.2 Å². The predicted octanol–water partition coefficient (Wildman–Crippen LogP) is 5.91. The fourth-order valence-electron chi connectivity index (χ4n) is 3.56. The first-order valence-electron chi connectivity index (χ1n) is 11.3. The first-order valence-corrected chi connectivity index (χ1v) is 12.9.